The molecule has 0 fully saturated rings. The van der Waals surface area contributed by atoms with Crippen LogP contribution in [0.25, 0.3) is 0 Å². The first-order valence-electron chi connectivity index (χ1n) is 5.23. The smallest absolute Gasteiger partial charge is 0.331 e. The number of hydrogen-bond donors (Lipinski definition) is 4. The van der Waals surface area contributed by atoms with Gasteiger partial charge >= 0.3 is 23.9 Å². The summed E-state index contributed by atoms with van der Waals surface area (Å²) in [6, 6.07) is 0. The molecule has 19 heavy (non-hydrogen) atoms. The Morgan fingerprint density at radius 3 is 1.26 bits per heavy atom. The lowest BCUT2D eigenvalue weighted by atomic mass is 10.2. The Labute approximate surface area is 109 Å². The molecule has 0 radical (unpaired) electrons. The second kappa shape index (κ2) is 10.8. The first kappa shape index (κ1) is 19.0. The third-order valence-electron chi connectivity index (χ3n) is 1.70. The van der Waals surface area contributed by atoms with E-state index in [1.807, 2.05) is 0 Å². The minimum atomic E-state index is -1.27. The van der Waals surface area contributed by atoms with E-state index in [9.17, 15) is 19.2 Å². The fourth-order valence-corrected chi connectivity index (χ4v) is 0.811. The molecule has 0 amide bonds. The molecule has 8 heteroatoms. The largest absolute Gasteiger partial charge is 0.481 e. The highest BCUT2D eigenvalue weighted by molar-refractivity contribution is 5.91. The number of aliphatic carboxylic acids is 4. The van der Waals surface area contributed by atoms with E-state index in [4.69, 9.17) is 20.4 Å². The predicted octanol–water partition coefficient (Wildman–Crippen LogP) is 0.818. The van der Waals surface area contributed by atoms with Crippen LogP contribution in [-0.4, -0.2) is 44.3 Å². The van der Waals surface area contributed by atoms with E-state index in [1.54, 1.807) is 0 Å². The van der Waals surface area contributed by atoms with E-state index in [0.717, 1.165) is 0 Å². The lowest BCUT2D eigenvalue weighted by Crippen LogP contribution is -2.04. The summed E-state index contributed by atoms with van der Waals surface area (Å²) in [5.74, 6) is -4.18. The molecule has 0 heterocycles. The molecule has 108 valence electrons. The highest BCUT2D eigenvalue weighted by atomic mass is 16.4. The van der Waals surface area contributed by atoms with Crippen LogP contribution in [0.1, 0.15) is 32.1 Å². The number of carbonyl (C=O) groups is 4. The van der Waals surface area contributed by atoms with E-state index in [-0.39, 0.29) is 18.4 Å². The van der Waals surface area contributed by atoms with Crippen LogP contribution in [0.3, 0.4) is 0 Å². The molecule has 8 nitrogen and oxygen atoms in total. The molecule has 4 N–H and O–H groups in total. The van der Waals surface area contributed by atoms with Gasteiger partial charge < -0.3 is 20.4 Å². The van der Waals surface area contributed by atoms with E-state index < -0.39 is 30.3 Å². The zero-order valence-corrected chi connectivity index (χ0v) is 10.2. The SMILES string of the molecule is C=C(CC(=O)O)C(=O)O.O=C(O)CCCCC(=O)O. The summed E-state index contributed by atoms with van der Waals surface area (Å²) >= 11 is 0. The zero-order valence-electron chi connectivity index (χ0n) is 10.2. The van der Waals surface area contributed by atoms with Gasteiger partial charge in [-0.05, 0) is 12.8 Å². The van der Waals surface area contributed by atoms with E-state index in [2.05, 4.69) is 6.58 Å². The molecular weight excluding hydrogens is 260 g/mol. The van der Waals surface area contributed by atoms with Crippen molar-refractivity contribution < 1.29 is 39.6 Å². The van der Waals surface area contributed by atoms with Gasteiger partial charge in [0.2, 0.25) is 0 Å². The van der Waals surface area contributed by atoms with Crippen LogP contribution >= 0.6 is 0 Å². The van der Waals surface area contributed by atoms with Gasteiger partial charge in [-0.25, -0.2) is 4.79 Å². The van der Waals surface area contributed by atoms with Crippen LogP contribution in [0.15, 0.2) is 12.2 Å². The lowest BCUT2D eigenvalue weighted by molar-refractivity contribution is -0.139. The van der Waals surface area contributed by atoms with E-state index >= 15 is 0 Å². The maximum atomic E-state index is 9.90. The average molecular weight is 276 g/mol. The predicted molar refractivity (Wildman–Crippen MR) is 62.8 cm³/mol. The standard InChI is InChI=1S/C6H10O4.C5H6O4/c7-5(8)3-1-2-4-6(9)10;1-3(5(8)9)2-4(6)7/h1-4H2,(H,7,8)(H,9,10);1-2H2,(H,6,7)(H,8,9). The van der Waals surface area contributed by atoms with Crippen molar-refractivity contribution in [2.24, 2.45) is 0 Å². The van der Waals surface area contributed by atoms with Gasteiger partial charge in [-0.3, -0.25) is 14.4 Å². The number of rotatable bonds is 8. The van der Waals surface area contributed by atoms with Gasteiger partial charge in [0.1, 0.15) is 0 Å². The molecule has 0 aromatic heterocycles. The van der Waals surface area contributed by atoms with Crippen molar-refractivity contribution in [3.05, 3.63) is 12.2 Å². The summed E-state index contributed by atoms with van der Waals surface area (Å²) in [7, 11) is 0. The van der Waals surface area contributed by atoms with Crippen LogP contribution in [0.2, 0.25) is 0 Å². The summed E-state index contributed by atoms with van der Waals surface area (Å²) in [5, 5.41) is 32.3. The Morgan fingerprint density at radius 1 is 0.737 bits per heavy atom. The van der Waals surface area contributed by atoms with Crippen molar-refractivity contribution in [1.82, 2.24) is 0 Å². The molecule has 0 aromatic carbocycles. The van der Waals surface area contributed by atoms with Crippen molar-refractivity contribution in [1.29, 1.82) is 0 Å². The number of carboxylic acids is 4. The maximum Gasteiger partial charge on any atom is 0.331 e. The van der Waals surface area contributed by atoms with Crippen LogP contribution in [-0.2, 0) is 19.2 Å². The van der Waals surface area contributed by atoms with Gasteiger partial charge in [-0.2, -0.15) is 0 Å². The van der Waals surface area contributed by atoms with Gasteiger partial charge in [0.25, 0.3) is 0 Å². The van der Waals surface area contributed by atoms with Crippen LogP contribution in [0, 0.1) is 0 Å². The maximum absolute atomic E-state index is 9.90. The molecular formula is C11H16O8. The Hall–Kier alpha value is -2.38. The van der Waals surface area contributed by atoms with Gasteiger partial charge in [0.15, 0.2) is 0 Å². The number of unbranched alkanes of at least 4 members (excludes halogenated alkanes) is 1. The number of hydrogen-bond acceptors (Lipinski definition) is 4. The molecule has 0 aromatic rings. The van der Waals surface area contributed by atoms with Gasteiger partial charge in [0.05, 0.1) is 6.42 Å². The highest BCUT2D eigenvalue weighted by Crippen LogP contribution is 1.98. The topological polar surface area (TPSA) is 149 Å². The number of carboxylic acid groups (broad SMARTS) is 4. The highest BCUT2D eigenvalue weighted by Gasteiger charge is 2.07. The molecule has 0 saturated heterocycles. The summed E-state index contributed by atoms with van der Waals surface area (Å²) < 4.78 is 0. The molecule has 0 aliphatic carbocycles. The Balaban J connectivity index is 0. The first-order chi connectivity index (χ1) is 8.66. The van der Waals surface area contributed by atoms with Crippen molar-refractivity contribution >= 4 is 23.9 Å². The zero-order chi connectivity index (χ0) is 15.4. The lowest BCUT2D eigenvalue weighted by Gasteiger charge is -1.92. The first-order valence-corrected chi connectivity index (χ1v) is 5.23. The summed E-state index contributed by atoms with van der Waals surface area (Å²) in [6.45, 7) is 3.01. The minimum absolute atomic E-state index is 0.0628. The monoisotopic (exact) mass is 276 g/mol. The molecule has 0 bridgehead atoms. The quantitative estimate of drug-likeness (QED) is 0.376. The van der Waals surface area contributed by atoms with E-state index in [0.29, 0.717) is 12.8 Å². The Morgan fingerprint density at radius 2 is 1.11 bits per heavy atom. The normalized spacial score (nSPS) is 8.84. The molecule has 0 saturated carbocycles. The van der Waals surface area contributed by atoms with Crippen LogP contribution in [0.4, 0.5) is 0 Å². The second-order valence-electron chi connectivity index (χ2n) is 3.47. The Kier molecular flexibility index (Phi) is 10.7. The van der Waals surface area contributed by atoms with Crippen LogP contribution in [0.5, 0.6) is 0 Å². The second-order valence-corrected chi connectivity index (χ2v) is 3.47. The van der Waals surface area contributed by atoms with Gasteiger partial charge in [0, 0.05) is 18.4 Å². The molecule has 0 rings (SSSR count). The van der Waals surface area contributed by atoms with Crippen molar-refractivity contribution in [3.63, 3.8) is 0 Å². The Bertz CT molecular complexity index is 342. The third kappa shape index (κ3) is 18.2. The van der Waals surface area contributed by atoms with E-state index in [1.165, 1.54) is 0 Å². The summed E-state index contributed by atoms with van der Waals surface area (Å²) in [5.41, 5.74) is -0.303. The average Bonchev–Trinajstić information content (AvgIpc) is 2.23. The van der Waals surface area contributed by atoms with Crippen molar-refractivity contribution in [3.8, 4) is 0 Å². The van der Waals surface area contributed by atoms with Crippen LogP contribution < -0.4 is 0 Å². The fraction of sp³-hybridized carbons (Fsp3) is 0.455. The fourth-order valence-electron chi connectivity index (χ4n) is 0.811. The summed E-state index contributed by atoms with van der Waals surface area (Å²) in [6.07, 6.45) is 0.513. The summed E-state index contributed by atoms with van der Waals surface area (Å²) in [4.78, 5) is 39.5. The molecule has 0 unspecified atom stereocenters. The third-order valence-corrected chi connectivity index (χ3v) is 1.70. The van der Waals surface area contributed by atoms with Crippen molar-refractivity contribution in [2.45, 2.75) is 32.1 Å². The minimum Gasteiger partial charge on any atom is -0.481 e. The van der Waals surface area contributed by atoms with Gasteiger partial charge in [-0.1, -0.05) is 6.58 Å². The molecule has 0 aliphatic heterocycles. The molecule has 0 aliphatic rings. The van der Waals surface area contributed by atoms with Gasteiger partial charge in [-0.15, -0.1) is 0 Å². The van der Waals surface area contributed by atoms with Crippen molar-refractivity contribution in [2.75, 3.05) is 0 Å². The molecule has 0 atom stereocenters. The molecule has 0 spiro atoms.